The molecule has 7 rings (SSSR count). The SMILES string of the molecule is c1ccc(S2(c3ccccc3)Oc3cnc4c5ccccc5c5cccc2c5n34)cc1. The predicted octanol–water partition coefficient (Wildman–Crippen LogP) is 7.23. The number of nitrogens with zero attached hydrogens (tertiary/aromatic N) is 2. The molecule has 0 amide bonds. The maximum absolute atomic E-state index is 7.03. The summed E-state index contributed by atoms with van der Waals surface area (Å²) in [6.07, 6.45) is 1.88. The molecule has 0 saturated heterocycles. The minimum atomic E-state index is -1.97. The molecule has 4 heteroatoms. The van der Waals surface area contributed by atoms with Gasteiger partial charge >= 0.3 is 0 Å². The zero-order chi connectivity index (χ0) is 20.4. The normalized spacial score (nSPS) is 15.4. The second-order valence-electron chi connectivity index (χ2n) is 7.72. The summed E-state index contributed by atoms with van der Waals surface area (Å²) in [7, 11) is -1.97. The minimum Gasteiger partial charge on any atom is -0.416 e. The van der Waals surface area contributed by atoms with Crippen LogP contribution >= 0.6 is 10.3 Å². The highest BCUT2D eigenvalue weighted by Crippen LogP contribution is 2.71. The highest BCUT2D eigenvalue weighted by molar-refractivity contribution is 8.30. The van der Waals surface area contributed by atoms with Crippen molar-refractivity contribution in [3.63, 3.8) is 0 Å². The molecule has 1 aliphatic rings. The Balaban J connectivity index is 1.73. The van der Waals surface area contributed by atoms with Crippen molar-refractivity contribution in [3.8, 4) is 5.88 Å². The van der Waals surface area contributed by atoms with E-state index in [1.54, 1.807) is 0 Å². The molecular weight excluding hydrogens is 400 g/mol. The van der Waals surface area contributed by atoms with Crippen LogP contribution in [-0.2, 0) is 0 Å². The van der Waals surface area contributed by atoms with E-state index in [0.29, 0.717) is 0 Å². The van der Waals surface area contributed by atoms with Gasteiger partial charge in [-0.25, -0.2) is 4.98 Å². The van der Waals surface area contributed by atoms with Crippen molar-refractivity contribution in [1.82, 2.24) is 9.38 Å². The van der Waals surface area contributed by atoms with Crippen LogP contribution in [0, 0.1) is 0 Å². The molecule has 148 valence electrons. The number of imidazole rings is 1. The smallest absolute Gasteiger partial charge is 0.232 e. The average molecular weight is 419 g/mol. The molecule has 0 radical (unpaired) electrons. The van der Waals surface area contributed by atoms with Crippen LogP contribution < -0.4 is 4.18 Å². The molecule has 0 saturated carbocycles. The van der Waals surface area contributed by atoms with Gasteiger partial charge in [0.2, 0.25) is 5.88 Å². The molecule has 0 fully saturated rings. The molecule has 3 nitrogen and oxygen atoms in total. The van der Waals surface area contributed by atoms with E-state index in [9.17, 15) is 0 Å². The number of benzene rings is 4. The Kier molecular flexibility index (Phi) is 3.35. The first-order valence-electron chi connectivity index (χ1n) is 10.3. The number of fused-ring (bicyclic) bond motifs is 3. The number of hydrogen-bond donors (Lipinski definition) is 0. The highest BCUT2D eigenvalue weighted by atomic mass is 32.3. The molecule has 0 spiro atoms. The summed E-state index contributed by atoms with van der Waals surface area (Å²) in [5.74, 6) is 0.798. The lowest BCUT2D eigenvalue weighted by Gasteiger charge is -2.43. The van der Waals surface area contributed by atoms with E-state index in [4.69, 9.17) is 9.17 Å². The Morgan fingerprint density at radius 3 is 1.94 bits per heavy atom. The van der Waals surface area contributed by atoms with Gasteiger partial charge in [-0.2, -0.15) is 0 Å². The third-order valence-corrected chi connectivity index (χ3v) is 9.32. The lowest BCUT2D eigenvalue weighted by Crippen LogP contribution is -2.17. The van der Waals surface area contributed by atoms with Gasteiger partial charge in [-0.3, -0.25) is 4.40 Å². The Bertz CT molecular complexity index is 1570. The molecule has 6 aromatic rings. The number of rotatable bonds is 2. The zero-order valence-electron chi connectivity index (χ0n) is 16.6. The van der Waals surface area contributed by atoms with Crippen molar-refractivity contribution in [3.05, 3.63) is 109 Å². The maximum Gasteiger partial charge on any atom is 0.232 e. The van der Waals surface area contributed by atoms with Crippen molar-refractivity contribution in [2.45, 2.75) is 14.7 Å². The van der Waals surface area contributed by atoms with Crippen molar-refractivity contribution >= 4 is 37.6 Å². The zero-order valence-corrected chi connectivity index (χ0v) is 17.4. The Labute approximate surface area is 181 Å². The van der Waals surface area contributed by atoms with Gasteiger partial charge in [0.1, 0.15) is 5.65 Å². The summed E-state index contributed by atoms with van der Waals surface area (Å²) in [5, 5.41) is 3.59. The average Bonchev–Trinajstić information content (AvgIpc) is 3.29. The van der Waals surface area contributed by atoms with Crippen molar-refractivity contribution in [1.29, 1.82) is 0 Å². The Hall–Kier alpha value is -3.76. The van der Waals surface area contributed by atoms with E-state index in [2.05, 4.69) is 108 Å². The largest absolute Gasteiger partial charge is 0.416 e. The van der Waals surface area contributed by atoms with Crippen molar-refractivity contribution in [2.24, 2.45) is 0 Å². The van der Waals surface area contributed by atoms with Crippen LogP contribution in [0.3, 0.4) is 0 Å². The van der Waals surface area contributed by atoms with Gasteiger partial charge in [-0.15, -0.1) is 0 Å². The first kappa shape index (κ1) is 17.0. The quantitative estimate of drug-likeness (QED) is 0.277. The molecule has 0 unspecified atom stereocenters. The third kappa shape index (κ3) is 2.12. The molecule has 4 aromatic carbocycles. The monoisotopic (exact) mass is 418 g/mol. The molecule has 1 aliphatic heterocycles. The summed E-state index contributed by atoms with van der Waals surface area (Å²) >= 11 is 0. The third-order valence-electron chi connectivity index (χ3n) is 6.08. The number of pyridine rings is 1. The van der Waals surface area contributed by atoms with E-state index in [1.165, 1.54) is 31.0 Å². The Morgan fingerprint density at radius 2 is 1.23 bits per heavy atom. The summed E-state index contributed by atoms with van der Waals surface area (Å²) in [6, 6.07) is 36.4. The summed E-state index contributed by atoms with van der Waals surface area (Å²) in [5.41, 5.74) is 2.14. The molecule has 31 heavy (non-hydrogen) atoms. The fraction of sp³-hybridized carbons (Fsp3) is 0. The topological polar surface area (TPSA) is 26.5 Å². The molecule has 0 N–H and O–H groups in total. The second-order valence-corrected chi connectivity index (χ2v) is 10.4. The Morgan fingerprint density at radius 1 is 0.613 bits per heavy atom. The standard InChI is InChI=1S/C27H18N2OS/c1-3-10-19(11-4-1)31(20-12-5-2-6-13-20)24-17-9-16-22-21-14-7-8-15-23(21)27-28-18-25(30-31)29(27)26(22)24/h1-18H. The molecule has 0 aliphatic carbocycles. The fourth-order valence-corrected chi connectivity index (χ4v) is 8.06. The van der Waals surface area contributed by atoms with E-state index < -0.39 is 10.3 Å². The molecule has 0 bridgehead atoms. The van der Waals surface area contributed by atoms with Gasteiger partial charge in [-0.1, -0.05) is 72.8 Å². The summed E-state index contributed by atoms with van der Waals surface area (Å²) in [6.45, 7) is 0. The van der Waals surface area contributed by atoms with Crippen LogP contribution in [0.25, 0.3) is 27.3 Å². The minimum absolute atomic E-state index is 0.798. The molecule has 2 aromatic heterocycles. The van der Waals surface area contributed by atoms with Crippen molar-refractivity contribution < 1.29 is 4.18 Å². The van der Waals surface area contributed by atoms with E-state index in [-0.39, 0.29) is 0 Å². The number of aromatic nitrogens is 2. The van der Waals surface area contributed by atoms with Gasteiger partial charge in [0, 0.05) is 20.6 Å². The van der Waals surface area contributed by atoms with E-state index in [1.807, 2.05) is 6.20 Å². The van der Waals surface area contributed by atoms with Crippen LogP contribution in [0.2, 0.25) is 0 Å². The van der Waals surface area contributed by atoms with Gasteiger partial charge < -0.3 is 4.18 Å². The molecule has 0 atom stereocenters. The van der Waals surface area contributed by atoms with E-state index >= 15 is 0 Å². The lowest BCUT2D eigenvalue weighted by molar-refractivity contribution is 0.574. The van der Waals surface area contributed by atoms with Crippen LogP contribution in [0.4, 0.5) is 0 Å². The first-order chi connectivity index (χ1) is 15.4. The van der Waals surface area contributed by atoms with Crippen molar-refractivity contribution in [2.75, 3.05) is 0 Å². The second kappa shape index (κ2) is 6.13. The molecule has 3 heterocycles. The predicted molar refractivity (Wildman–Crippen MR) is 126 cm³/mol. The van der Waals surface area contributed by atoms with Gasteiger partial charge in [0.15, 0.2) is 0 Å². The summed E-state index contributed by atoms with van der Waals surface area (Å²) in [4.78, 5) is 8.38. The molecular formula is C27H18N2OS. The number of hydrogen-bond acceptors (Lipinski definition) is 2. The fourth-order valence-electron chi connectivity index (χ4n) is 4.80. The van der Waals surface area contributed by atoms with E-state index in [0.717, 1.165) is 16.9 Å². The first-order valence-corrected chi connectivity index (χ1v) is 11.9. The summed E-state index contributed by atoms with van der Waals surface area (Å²) < 4.78 is 9.23. The highest BCUT2D eigenvalue weighted by Gasteiger charge is 2.40. The van der Waals surface area contributed by atoms with Crippen LogP contribution in [0.15, 0.2) is 124 Å². The maximum atomic E-state index is 7.03. The number of para-hydroxylation sites is 1. The van der Waals surface area contributed by atoms with Gasteiger partial charge in [0.25, 0.3) is 0 Å². The van der Waals surface area contributed by atoms with Crippen LogP contribution in [-0.4, -0.2) is 9.38 Å². The van der Waals surface area contributed by atoms with Gasteiger partial charge in [0.05, 0.1) is 16.6 Å². The lowest BCUT2D eigenvalue weighted by atomic mass is 10.1. The van der Waals surface area contributed by atoms with Gasteiger partial charge in [-0.05, 0) is 46.0 Å². The van der Waals surface area contributed by atoms with Crippen LogP contribution in [0.1, 0.15) is 0 Å². The van der Waals surface area contributed by atoms with Crippen LogP contribution in [0.5, 0.6) is 5.88 Å².